The molecule has 0 amide bonds. The van der Waals surface area contributed by atoms with Crippen LogP contribution in [0.4, 0.5) is 5.82 Å². The molecule has 0 saturated carbocycles. The molecule has 3 aromatic rings. The number of hydrogen-bond acceptors (Lipinski definition) is 5. The maximum Gasteiger partial charge on any atom is 0.164 e. The molecule has 1 aliphatic heterocycles. The van der Waals surface area contributed by atoms with E-state index < -0.39 is 0 Å². The van der Waals surface area contributed by atoms with Crippen molar-refractivity contribution in [3.8, 4) is 11.8 Å². The molecule has 26 heavy (non-hydrogen) atoms. The Balaban J connectivity index is 1.83. The Morgan fingerprint density at radius 3 is 2.81 bits per heavy atom. The van der Waals surface area contributed by atoms with Crippen molar-refractivity contribution >= 4 is 16.9 Å². The molecule has 4 rings (SSSR count). The van der Waals surface area contributed by atoms with E-state index in [-0.39, 0.29) is 6.04 Å². The van der Waals surface area contributed by atoms with E-state index in [4.69, 9.17) is 10.8 Å². The van der Waals surface area contributed by atoms with Crippen molar-refractivity contribution in [2.24, 2.45) is 0 Å². The summed E-state index contributed by atoms with van der Waals surface area (Å²) in [5.74, 6) is 6.90. The molecular formula is C20H22N6. The van der Waals surface area contributed by atoms with Crippen LogP contribution in [0.2, 0.25) is 0 Å². The van der Waals surface area contributed by atoms with Gasteiger partial charge in [-0.15, -0.1) is 0 Å². The van der Waals surface area contributed by atoms with E-state index >= 15 is 0 Å². The number of nitrogens with two attached hydrogens (primary N) is 1. The van der Waals surface area contributed by atoms with Gasteiger partial charge in [0.15, 0.2) is 5.65 Å². The van der Waals surface area contributed by atoms with Gasteiger partial charge in [0, 0.05) is 18.7 Å². The van der Waals surface area contributed by atoms with Gasteiger partial charge in [0.2, 0.25) is 0 Å². The van der Waals surface area contributed by atoms with Gasteiger partial charge in [-0.3, -0.25) is 0 Å². The predicted octanol–water partition coefficient (Wildman–Crippen LogP) is 2.30. The minimum Gasteiger partial charge on any atom is -0.383 e. The molecule has 132 valence electrons. The zero-order valence-electron chi connectivity index (χ0n) is 15.3. The summed E-state index contributed by atoms with van der Waals surface area (Å²) in [7, 11) is 2.12. The molecular weight excluding hydrogens is 324 g/mol. The number of aromatic nitrogens is 4. The van der Waals surface area contributed by atoms with E-state index in [9.17, 15) is 0 Å². The van der Waals surface area contributed by atoms with Gasteiger partial charge >= 0.3 is 0 Å². The lowest BCUT2D eigenvalue weighted by atomic mass is 10.1. The zero-order valence-corrected chi connectivity index (χ0v) is 15.3. The summed E-state index contributed by atoms with van der Waals surface area (Å²) in [6.45, 7) is 6.13. The molecule has 3 heterocycles. The number of hydrogen-bond donors (Lipinski definition) is 1. The Morgan fingerprint density at radius 1 is 1.19 bits per heavy atom. The van der Waals surface area contributed by atoms with Gasteiger partial charge in [0.1, 0.15) is 17.8 Å². The maximum absolute atomic E-state index is 6.14. The number of benzene rings is 1. The summed E-state index contributed by atoms with van der Waals surface area (Å²) >= 11 is 0. The molecule has 0 aliphatic carbocycles. The largest absolute Gasteiger partial charge is 0.383 e. The normalized spacial score (nSPS) is 17.4. The van der Waals surface area contributed by atoms with E-state index in [1.165, 1.54) is 11.9 Å². The van der Waals surface area contributed by atoms with Gasteiger partial charge in [-0.2, -0.15) is 5.10 Å². The van der Waals surface area contributed by atoms with E-state index in [0.717, 1.165) is 41.7 Å². The van der Waals surface area contributed by atoms with Gasteiger partial charge in [-0.1, -0.05) is 18.1 Å². The number of likely N-dealkylation sites (tertiary alicyclic amines) is 1. The molecule has 0 bridgehead atoms. The number of nitrogens with zero attached hydrogens (tertiary/aromatic N) is 5. The average Bonchev–Trinajstić information content (AvgIpc) is 3.20. The van der Waals surface area contributed by atoms with Gasteiger partial charge in [-0.25, -0.2) is 14.6 Å². The maximum atomic E-state index is 6.14. The second-order valence-electron chi connectivity index (χ2n) is 7.02. The lowest BCUT2D eigenvalue weighted by Gasteiger charge is -2.11. The minimum atomic E-state index is 0.285. The van der Waals surface area contributed by atoms with Gasteiger partial charge in [0.05, 0.1) is 11.4 Å². The number of nitrogen functional groups attached to an aromatic ring is 1. The Hall–Kier alpha value is -2.91. The van der Waals surface area contributed by atoms with Gasteiger partial charge < -0.3 is 10.6 Å². The molecule has 1 saturated heterocycles. The first-order valence-electron chi connectivity index (χ1n) is 8.79. The molecule has 2 aromatic heterocycles. The van der Waals surface area contributed by atoms with Gasteiger partial charge in [0.25, 0.3) is 0 Å². The Bertz CT molecular complexity index is 1040. The fraction of sp³-hybridized carbons (Fsp3) is 0.350. The zero-order chi connectivity index (χ0) is 18.3. The Labute approximate surface area is 153 Å². The van der Waals surface area contributed by atoms with Crippen LogP contribution in [0.15, 0.2) is 24.5 Å². The number of aryl methyl sites for hydroxylation is 2. The summed E-state index contributed by atoms with van der Waals surface area (Å²) in [6, 6.07) is 6.55. The summed E-state index contributed by atoms with van der Waals surface area (Å²) in [5, 5.41) is 5.52. The monoisotopic (exact) mass is 346 g/mol. The van der Waals surface area contributed by atoms with Crippen molar-refractivity contribution in [2.45, 2.75) is 26.3 Å². The van der Waals surface area contributed by atoms with Crippen molar-refractivity contribution < 1.29 is 0 Å². The highest BCUT2D eigenvalue weighted by Crippen LogP contribution is 2.27. The molecule has 6 heteroatoms. The first kappa shape index (κ1) is 16.6. The fourth-order valence-electron chi connectivity index (χ4n) is 3.45. The highest BCUT2D eigenvalue weighted by atomic mass is 15.4. The van der Waals surface area contributed by atoms with Crippen LogP contribution in [0.1, 0.15) is 34.8 Å². The third kappa shape index (κ3) is 2.91. The Kier molecular flexibility index (Phi) is 4.09. The lowest BCUT2D eigenvalue weighted by molar-refractivity contribution is 0.385. The summed E-state index contributed by atoms with van der Waals surface area (Å²) in [4.78, 5) is 10.9. The highest BCUT2D eigenvalue weighted by Gasteiger charge is 2.25. The Morgan fingerprint density at radius 2 is 2.04 bits per heavy atom. The molecule has 0 radical (unpaired) electrons. The van der Waals surface area contributed by atoms with Crippen molar-refractivity contribution in [1.82, 2.24) is 24.6 Å². The first-order valence-corrected chi connectivity index (χ1v) is 8.79. The van der Waals surface area contributed by atoms with Crippen molar-refractivity contribution in [1.29, 1.82) is 0 Å². The van der Waals surface area contributed by atoms with E-state index in [2.05, 4.69) is 65.8 Å². The smallest absolute Gasteiger partial charge is 0.164 e. The number of anilines is 1. The molecule has 6 nitrogen and oxygen atoms in total. The SMILES string of the molecule is Cc1ccc(C)c(C#Cc2nn([C@@H]3CCN(C)C3)c3ncnc(N)c23)c1. The average molecular weight is 346 g/mol. The van der Waals surface area contributed by atoms with Crippen molar-refractivity contribution in [2.75, 3.05) is 25.9 Å². The number of rotatable bonds is 1. The molecule has 1 fully saturated rings. The molecule has 2 N–H and O–H groups in total. The van der Waals surface area contributed by atoms with Gasteiger partial charge in [-0.05, 0) is 50.4 Å². The van der Waals surface area contributed by atoms with Crippen LogP contribution in [-0.2, 0) is 0 Å². The summed E-state index contributed by atoms with van der Waals surface area (Å²) in [6.07, 6.45) is 2.54. The first-order chi connectivity index (χ1) is 12.5. The molecule has 0 unspecified atom stereocenters. The summed E-state index contributed by atoms with van der Waals surface area (Å²) in [5.41, 5.74) is 10.9. The third-order valence-electron chi connectivity index (χ3n) is 4.94. The highest BCUT2D eigenvalue weighted by molar-refractivity contribution is 5.90. The molecule has 1 aromatic carbocycles. The van der Waals surface area contributed by atoms with Crippen molar-refractivity contribution in [3.05, 3.63) is 46.9 Å². The topological polar surface area (TPSA) is 72.9 Å². The van der Waals surface area contributed by atoms with Crippen LogP contribution in [0.3, 0.4) is 0 Å². The fourth-order valence-corrected chi connectivity index (χ4v) is 3.45. The van der Waals surface area contributed by atoms with Crippen molar-refractivity contribution in [3.63, 3.8) is 0 Å². The van der Waals surface area contributed by atoms with Crippen LogP contribution in [0.25, 0.3) is 11.0 Å². The molecule has 1 aliphatic rings. The van der Waals surface area contributed by atoms with E-state index in [1.54, 1.807) is 0 Å². The second-order valence-corrected chi connectivity index (χ2v) is 7.02. The van der Waals surface area contributed by atoms with Crippen LogP contribution in [0, 0.1) is 25.7 Å². The van der Waals surface area contributed by atoms with Crippen LogP contribution < -0.4 is 5.73 Å². The minimum absolute atomic E-state index is 0.285. The van der Waals surface area contributed by atoms with Crippen LogP contribution >= 0.6 is 0 Å². The van der Waals surface area contributed by atoms with E-state index in [1.807, 2.05) is 4.68 Å². The predicted molar refractivity (Wildman–Crippen MR) is 103 cm³/mol. The van der Waals surface area contributed by atoms with E-state index in [0.29, 0.717) is 11.5 Å². The van der Waals surface area contributed by atoms with Crippen LogP contribution in [-0.4, -0.2) is 44.8 Å². The quantitative estimate of drug-likeness (QED) is 0.685. The number of likely N-dealkylation sites (N-methyl/N-ethyl adjacent to an activating group) is 1. The second kappa shape index (κ2) is 6.43. The third-order valence-corrected chi connectivity index (χ3v) is 4.94. The molecule has 0 spiro atoms. The standard InChI is InChI=1S/C20H22N6/c1-13-4-5-14(2)15(10-13)6-7-17-18-19(21)22-12-23-20(18)26(24-17)16-8-9-25(3)11-16/h4-5,10,12,16H,8-9,11H2,1-3H3,(H2,21,22,23)/t16-/m1/s1. The summed E-state index contributed by atoms with van der Waals surface area (Å²) < 4.78 is 1.98. The number of fused-ring (bicyclic) bond motifs is 1. The van der Waals surface area contributed by atoms with Crippen LogP contribution in [0.5, 0.6) is 0 Å². The molecule has 1 atom stereocenters. The lowest BCUT2D eigenvalue weighted by Crippen LogP contribution is -2.17.